The highest BCUT2D eigenvalue weighted by Gasteiger charge is 2.40. The van der Waals surface area contributed by atoms with Crippen LogP contribution in [0.2, 0.25) is 0 Å². The summed E-state index contributed by atoms with van der Waals surface area (Å²) in [6.45, 7) is 13.0. The third kappa shape index (κ3) is 6.43. The summed E-state index contributed by atoms with van der Waals surface area (Å²) in [4.78, 5) is 41.7. The van der Waals surface area contributed by atoms with E-state index in [0.29, 0.717) is 44.3 Å². The van der Waals surface area contributed by atoms with Crippen LogP contribution in [0.25, 0.3) is 0 Å². The van der Waals surface area contributed by atoms with Crippen molar-refractivity contribution in [2.75, 3.05) is 26.2 Å². The Morgan fingerprint density at radius 1 is 1.14 bits per heavy atom. The molecule has 2 rings (SSSR count). The van der Waals surface area contributed by atoms with Crippen LogP contribution in [0.4, 0.5) is 0 Å². The Morgan fingerprint density at radius 3 is 2.28 bits per heavy atom. The number of hydrogen-bond acceptors (Lipinski definition) is 4. The number of piperidine rings is 1. The van der Waals surface area contributed by atoms with Crippen molar-refractivity contribution in [1.82, 2.24) is 15.1 Å². The third-order valence-corrected chi connectivity index (χ3v) is 6.27. The molecule has 0 aliphatic carbocycles. The highest BCUT2D eigenvalue weighted by atomic mass is 16.2. The minimum Gasteiger partial charge on any atom is -0.370 e. The van der Waals surface area contributed by atoms with Gasteiger partial charge in [-0.1, -0.05) is 34.6 Å². The van der Waals surface area contributed by atoms with Gasteiger partial charge >= 0.3 is 0 Å². The fourth-order valence-electron chi connectivity index (χ4n) is 4.60. The first-order chi connectivity index (χ1) is 13.5. The molecule has 1 unspecified atom stereocenters. The molecular weight excluding hydrogens is 368 g/mol. The minimum atomic E-state index is -0.403. The zero-order chi connectivity index (χ0) is 21.8. The van der Waals surface area contributed by atoms with E-state index in [1.54, 1.807) is 0 Å². The summed E-state index contributed by atoms with van der Waals surface area (Å²) in [6, 6.07) is -0.605. The zero-order valence-electron chi connectivity index (χ0n) is 18.9. The van der Waals surface area contributed by atoms with E-state index in [2.05, 4.69) is 39.9 Å². The van der Waals surface area contributed by atoms with Gasteiger partial charge in [-0.25, -0.2) is 0 Å². The highest BCUT2D eigenvalue weighted by molar-refractivity contribution is 5.90. The number of amides is 3. The fourth-order valence-corrected chi connectivity index (χ4v) is 4.60. The highest BCUT2D eigenvalue weighted by Crippen LogP contribution is 2.34. The maximum absolute atomic E-state index is 13.5. The lowest BCUT2D eigenvalue weighted by atomic mass is 9.77. The Hall–Kier alpha value is -1.63. The van der Waals surface area contributed by atoms with Crippen molar-refractivity contribution in [2.45, 2.75) is 78.8 Å². The van der Waals surface area contributed by atoms with Crippen LogP contribution in [0.1, 0.15) is 66.7 Å². The second-order valence-corrected chi connectivity index (χ2v) is 10.1. The van der Waals surface area contributed by atoms with E-state index in [-0.39, 0.29) is 29.2 Å². The van der Waals surface area contributed by atoms with Crippen LogP contribution in [0.3, 0.4) is 0 Å². The summed E-state index contributed by atoms with van der Waals surface area (Å²) < 4.78 is 0. The van der Waals surface area contributed by atoms with Gasteiger partial charge in [-0.3, -0.25) is 14.4 Å². The number of nitrogens with two attached hydrogens (primary N) is 1. The number of carbonyl (C=O) groups is 3. The van der Waals surface area contributed by atoms with Crippen molar-refractivity contribution in [3.8, 4) is 0 Å². The first-order valence-electron chi connectivity index (χ1n) is 11.1. The summed E-state index contributed by atoms with van der Waals surface area (Å²) in [6.07, 6.45) is 3.35. The van der Waals surface area contributed by atoms with Crippen LogP contribution in [-0.4, -0.2) is 65.8 Å². The SMILES string of the molecule is CC(C)CC(C(=O)N1CCC(C)(CC(N)=O)CC1)N1CCN[C@@H](CC(C)C)C1=O. The van der Waals surface area contributed by atoms with Crippen molar-refractivity contribution in [2.24, 2.45) is 23.0 Å². The molecule has 0 bridgehead atoms. The quantitative estimate of drug-likeness (QED) is 0.640. The smallest absolute Gasteiger partial charge is 0.245 e. The lowest BCUT2D eigenvalue weighted by Crippen LogP contribution is -2.62. The first kappa shape index (κ1) is 23.6. The molecule has 3 amide bonds. The molecule has 0 spiro atoms. The molecule has 2 saturated heterocycles. The van der Waals surface area contributed by atoms with Crippen LogP contribution in [0.5, 0.6) is 0 Å². The maximum Gasteiger partial charge on any atom is 0.245 e. The van der Waals surface area contributed by atoms with E-state index in [1.165, 1.54) is 0 Å². The van der Waals surface area contributed by atoms with E-state index in [9.17, 15) is 14.4 Å². The van der Waals surface area contributed by atoms with Crippen molar-refractivity contribution >= 4 is 17.7 Å². The van der Waals surface area contributed by atoms with Crippen molar-refractivity contribution in [3.63, 3.8) is 0 Å². The number of piperazine rings is 1. The van der Waals surface area contributed by atoms with Gasteiger partial charge in [-0.05, 0) is 42.9 Å². The lowest BCUT2D eigenvalue weighted by Gasteiger charge is -2.44. The van der Waals surface area contributed by atoms with E-state index >= 15 is 0 Å². The average Bonchev–Trinajstić information content (AvgIpc) is 2.60. The Labute approximate surface area is 175 Å². The van der Waals surface area contributed by atoms with Crippen molar-refractivity contribution in [1.29, 1.82) is 0 Å². The van der Waals surface area contributed by atoms with Crippen molar-refractivity contribution < 1.29 is 14.4 Å². The van der Waals surface area contributed by atoms with Gasteiger partial charge in [0.25, 0.3) is 0 Å². The first-order valence-corrected chi connectivity index (χ1v) is 11.1. The molecular formula is C22H40N4O3. The molecule has 2 atom stereocenters. The molecule has 7 nitrogen and oxygen atoms in total. The largest absolute Gasteiger partial charge is 0.370 e. The molecule has 2 aliphatic heterocycles. The van der Waals surface area contributed by atoms with Gasteiger partial charge in [0.2, 0.25) is 17.7 Å². The fraction of sp³-hybridized carbons (Fsp3) is 0.864. The Bertz CT molecular complexity index is 597. The van der Waals surface area contributed by atoms with Gasteiger partial charge < -0.3 is 20.9 Å². The Balaban J connectivity index is 2.10. The summed E-state index contributed by atoms with van der Waals surface area (Å²) in [5, 5.41) is 3.33. The van der Waals surface area contributed by atoms with Crippen LogP contribution < -0.4 is 11.1 Å². The van der Waals surface area contributed by atoms with Crippen LogP contribution >= 0.6 is 0 Å². The van der Waals surface area contributed by atoms with Crippen LogP contribution in [0, 0.1) is 17.3 Å². The monoisotopic (exact) mass is 408 g/mol. The summed E-state index contributed by atoms with van der Waals surface area (Å²) in [5.41, 5.74) is 5.26. The van der Waals surface area contributed by atoms with E-state index in [4.69, 9.17) is 5.73 Å². The standard InChI is InChI=1S/C22H40N4O3/c1-15(2)12-17-20(28)26(11-8-24-17)18(13-16(3)4)21(29)25-9-6-22(5,7-10-25)14-19(23)27/h15-18,24H,6-14H2,1-5H3,(H2,23,27)/t17-,18?/m0/s1. The topological polar surface area (TPSA) is 95.7 Å². The summed E-state index contributed by atoms with van der Waals surface area (Å²) in [7, 11) is 0. The molecule has 0 saturated carbocycles. The van der Waals surface area contributed by atoms with E-state index in [0.717, 1.165) is 25.8 Å². The molecule has 3 N–H and O–H groups in total. The van der Waals surface area contributed by atoms with Gasteiger partial charge in [-0.15, -0.1) is 0 Å². The third-order valence-electron chi connectivity index (χ3n) is 6.27. The number of hydrogen-bond donors (Lipinski definition) is 2. The number of nitrogens with one attached hydrogen (secondary N) is 1. The summed E-state index contributed by atoms with van der Waals surface area (Å²) >= 11 is 0. The second kappa shape index (κ2) is 9.92. The average molecular weight is 409 g/mol. The molecule has 2 heterocycles. The predicted octanol–water partition coefficient (Wildman–Crippen LogP) is 1.75. The zero-order valence-corrected chi connectivity index (χ0v) is 18.9. The number of nitrogens with zero attached hydrogens (tertiary/aromatic N) is 2. The van der Waals surface area contributed by atoms with Crippen LogP contribution in [-0.2, 0) is 14.4 Å². The molecule has 29 heavy (non-hydrogen) atoms. The molecule has 0 aromatic rings. The van der Waals surface area contributed by atoms with Crippen LogP contribution in [0.15, 0.2) is 0 Å². The van der Waals surface area contributed by atoms with E-state index < -0.39 is 6.04 Å². The molecule has 0 aromatic carbocycles. The number of carbonyl (C=O) groups excluding carboxylic acids is 3. The number of primary amides is 1. The van der Waals surface area contributed by atoms with Gasteiger partial charge in [0.15, 0.2) is 0 Å². The molecule has 7 heteroatoms. The predicted molar refractivity (Wildman–Crippen MR) is 114 cm³/mol. The van der Waals surface area contributed by atoms with Gasteiger partial charge in [0.05, 0.1) is 6.04 Å². The molecule has 166 valence electrons. The normalized spacial score (nSPS) is 23.6. The maximum atomic E-state index is 13.5. The van der Waals surface area contributed by atoms with Gasteiger partial charge in [-0.2, -0.15) is 0 Å². The molecule has 0 radical (unpaired) electrons. The molecule has 0 aromatic heterocycles. The number of likely N-dealkylation sites (tertiary alicyclic amines) is 1. The minimum absolute atomic E-state index is 0.0540. The number of rotatable bonds is 8. The van der Waals surface area contributed by atoms with Crippen molar-refractivity contribution in [3.05, 3.63) is 0 Å². The summed E-state index contributed by atoms with van der Waals surface area (Å²) in [5.74, 6) is 0.561. The Kier molecular flexibility index (Phi) is 8.09. The van der Waals surface area contributed by atoms with E-state index in [1.807, 2.05) is 9.80 Å². The molecule has 2 fully saturated rings. The molecule has 2 aliphatic rings. The lowest BCUT2D eigenvalue weighted by molar-refractivity contribution is -0.151. The van der Waals surface area contributed by atoms with Gasteiger partial charge in [0.1, 0.15) is 6.04 Å². The second-order valence-electron chi connectivity index (χ2n) is 10.1. The Morgan fingerprint density at radius 2 is 1.76 bits per heavy atom. The van der Waals surface area contributed by atoms with Gasteiger partial charge in [0, 0.05) is 32.6 Å².